The Morgan fingerprint density at radius 3 is 2.50 bits per heavy atom. The standard InChI is InChI=1S/C14H28N2/c1-13-6-5-10-16(11-7-13)14(12-15)8-3-2-4-9-14/h13H,2-12,15H2,1H3. The van der Waals surface area contributed by atoms with Gasteiger partial charge in [-0.15, -0.1) is 0 Å². The highest BCUT2D eigenvalue weighted by Crippen LogP contribution is 2.34. The van der Waals surface area contributed by atoms with E-state index < -0.39 is 0 Å². The zero-order valence-corrected chi connectivity index (χ0v) is 10.9. The van der Waals surface area contributed by atoms with E-state index in [2.05, 4.69) is 11.8 Å². The van der Waals surface area contributed by atoms with Gasteiger partial charge in [0.15, 0.2) is 0 Å². The van der Waals surface area contributed by atoms with Gasteiger partial charge in [0.1, 0.15) is 0 Å². The highest BCUT2D eigenvalue weighted by molar-refractivity contribution is 4.94. The molecule has 2 N–H and O–H groups in total. The predicted octanol–water partition coefficient (Wildman–Crippen LogP) is 2.77. The van der Waals surface area contributed by atoms with Crippen LogP contribution < -0.4 is 5.73 Å². The van der Waals surface area contributed by atoms with Crippen molar-refractivity contribution in [3.8, 4) is 0 Å². The van der Waals surface area contributed by atoms with Crippen LogP contribution in [-0.2, 0) is 0 Å². The predicted molar refractivity (Wildman–Crippen MR) is 69.5 cm³/mol. The summed E-state index contributed by atoms with van der Waals surface area (Å²) >= 11 is 0. The third kappa shape index (κ3) is 2.60. The molecule has 2 nitrogen and oxygen atoms in total. The van der Waals surface area contributed by atoms with Crippen molar-refractivity contribution in [2.24, 2.45) is 11.7 Å². The van der Waals surface area contributed by atoms with E-state index in [0.717, 1.165) is 12.5 Å². The molecular weight excluding hydrogens is 196 g/mol. The fraction of sp³-hybridized carbons (Fsp3) is 1.00. The van der Waals surface area contributed by atoms with E-state index in [-0.39, 0.29) is 0 Å². The van der Waals surface area contributed by atoms with Gasteiger partial charge in [-0.3, -0.25) is 4.90 Å². The minimum atomic E-state index is 0.377. The third-order valence-corrected chi connectivity index (χ3v) is 4.85. The second-order valence-corrected chi connectivity index (χ2v) is 6.01. The normalized spacial score (nSPS) is 32.2. The van der Waals surface area contributed by atoms with Crippen LogP contribution in [0.4, 0.5) is 0 Å². The molecule has 1 saturated carbocycles. The minimum absolute atomic E-state index is 0.377. The number of nitrogens with two attached hydrogens (primary N) is 1. The zero-order valence-electron chi connectivity index (χ0n) is 10.9. The van der Waals surface area contributed by atoms with E-state index in [1.807, 2.05) is 0 Å². The molecule has 0 bridgehead atoms. The van der Waals surface area contributed by atoms with Gasteiger partial charge in [0, 0.05) is 12.1 Å². The topological polar surface area (TPSA) is 29.3 Å². The average molecular weight is 224 g/mol. The molecule has 2 rings (SSSR count). The van der Waals surface area contributed by atoms with E-state index in [1.165, 1.54) is 64.5 Å². The number of nitrogens with zero attached hydrogens (tertiary/aromatic N) is 1. The van der Waals surface area contributed by atoms with Gasteiger partial charge in [0.05, 0.1) is 0 Å². The Balaban J connectivity index is 2.01. The summed E-state index contributed by atoms with van der Waals surface area (Å²) in [5.41, 5.74) is 6.49. The molecule has 1 unspecified atom stereocenters. The van der Waals surface area contributed by atoms with Crippen molar-refractivity contribution in [3.63, 3.8) is 0 Å². The number of likely N-dealkylation sites (tertiary alicyclic amines) is 1. The van der Waals surface area contributed by atoms with Gasteiger partial charge < -0.3 is 5.73 Å². The summed E-state index contributed by atoms with van der Waals surface area (Å²) in [4.78, 5) is 2.75. The number of hydrogen-bond donors (Lipinski definition) is 1. The third-order valence-electron chi connectivity index (χ3n) is 4.85. The fourth-order valence-electron chi connectivity index (χ4n) is 3.60. The van der Waals surface area contributed by atoms with Crippen molar-refractivity contribution in [2.45, 2.75) is 63.8 Å². The smallest absolute Gasteiger partial charge is 0.0331 e. The van der Waals surface area contributed by atoms with E-state index in [9.17, 15) is 0 Å². The van der Waals surface area contributed by atoms with Crippen LogP contribution in [0.2, 0.25) is 0 Å². The zero-order chi connectivity index (χ0) is 11.4. The first-order chi connectivity index (χ1) is 7.77. The van der Waals surface area contributed by atoms with Gasteiger partial charge in [-0.25, -0.2) is 0 Å². The van der Waals surface area contributed by atoms with Crippen LogP contribution in [0, 0.1) is 5.92 Å². The van der Waals surface area contributed by atoms with Gasteiger partial charge in [-0.1, -0.05) is 26.2 Å². The lowest BCUT2D eigenvalue weighted by molar-refractivity contribution is 0.0594. The quantitative estimate of drug-likeness (QED) is 0.781. The van der Waals surface area contributed by atoms with Crippen molar-refractivity contribution in [3.05, 3.63) is 0 Å². The Kier molecular flexibility index (Phi) is 4.26. The molecule has 16 heavy (non-hydrogen) atoms. The Labute approximate surface area is 101 Å². The van der Waals surface area contributed by atoms with E-state index in [4.69, 9.17) is 5.73 Å². The summed E-state index contributed by atoms with van der Waals surface area (Å²) in [5.74, 6) is 0.920. The SMILES string of the molecule is CC1CCCN(C2(CN)CCCCC2)CC1. The summed E-state index contributed by atoms with van der Waals surface area (Å²) in [6.07, 6.45) is 11.1. The summed E-state index contributed by atoms with van der Waals surface area (Å²) in [6.45, 7) is 5.86. The Morgan fingerprint density at radius 1 is 1.06 bits per heavy atom. The second kappa shape index (κ2) is 5.50. The molecule has 0 amide bonds. The molecule has 1 aliphatic heterocycles. The Bertz CT molecular complexity index is 209. The lowest BCUT2D eigenvalue weighted by Crippen LogP contribution is -2.55. The van der Waals surface area contributed by atoms with Crippen LogP contribution in [0.5, 0.6) is 0 Å². The van der Waals surface area contributed by atoms with E-state index >= 15 is 0 Å². The Morgan fingerprint density at radius 2 is 1.81 bits per heavy atom. The molecule has 94 valence electrons. The lowest BCUT2D eigenvalue weighted by Gasteiger charge is -2.46. The molecule has 2 fully saturated rings. The molecule has 0 spiro atoms. The average Bonchev–Trinajstić information content (AvgIpc) is 2.55. The van der Waals surface area contributed by atoms with Crippen LogP contribution in [0.1, 0.15) is 58.3 Å². The lowest BCUT2D eigenvalue weighted by atomic mass is 9.80. The van der Waals surface area contributed by atoms with E-state index in [0.29, 0.717) is 5.54 Å². The molecule has 0 aromatic rings. The molecule has 0 radical (unpaired) electrons. The largest absolute Gasteiger partial charge is 0.329 e. The van der Waals surface area contributed by atoms with Crippen molar-refractivity contribution in [2.75, 3.05) is 19.6 Å². The highest BCUT2D eigenvalue weighted by atomic mass is 15.2. The molecule has 1 aliphatic carbocycles. The first-order valence-electron chi connectivity index (χ1n) is 7.22. The molecular formula is C14H28N2. The summed E-state index contributed by atoms with van der Waals surface area (Å²) in [7, 11) is 0. The summed E-state index contributed by atoms with van der Waals surface area (Å²) < 4.78 is 0. The van der Waals surface area contributed by atoms with Crippen LogP contribution in [0.15, 0.2) is 0 Å². The van der Waals surface area contributed by atoms with Gasteiger partial charge in [-0.2, -0.15) is 0 Å². The first-order valence-corrected chi connectivity index (χ1v) is 7.22. The first kappa shape index (κ1) is 12.4. The maximum absolute atomic E-state index is 6.11. The summed E-state index contributed by atoms with van der Waals surface area (Å²) in [5, 5.41) is 0. The monoisotopic (exact) mass is 224 g/mol. The highest BCUT2D eigenvalue weighted by Gasteiger charge is 2.36. The molecule has 2 aliphatic rings. The van der Waals surface area contributed by atoms with Crippen molar-refractivity contribution < 1.29 is 0 Å². The van der Waals surface area contributed by atoms with Gasteiger partial charge in [0.25, 0.3) is 0 Å². The summed E-state index contributed by atoms with van der Waals surface area (Å²) in [6, 6.07) is 0. The van der Waals surface area contributed by atoms with Crippen molar-refractivity contribution in [1.29, 1.82) is 0 Å². The molecule has 0 aromatic heterocycles. The minimum Gasteiger partial charge on any atom is -0.329 e. The van der Waals surface area contributed by atoms with E-state index in [1.54, 1.807) is 0 Å². The van der Waals surface area contributed by atoms with Gasteiger partial charge in [0.2, 0.25) is 0 Å². The molecule has 1 atom stereocenters. The van der Waals surface area contributed by atoms with Crippen LogP contribution in [0.25, 0.3) is 0 Å². The molecule has 1 saturated heterocycles. The van der Waals surface area contributed by atoms with Crippen LogP contribution >= 0.6 is 0 Å². The van der Waals surface area contributed by atoms with Gasteiger partial charge in [-0.05, 0) is 51.1 Å². The van der Waals surface area contributed by atoms with Gasteiger partial charge >= 0.3 is 0 Å². The van der Waals surface area contributed by atoms with Crippen molar-refractivity contribution in [1.82, 2.24) is 4.90 Å². The molecule has 1 heterocycles. The maximum Gasteiger partial charge on any atom is 0.0331 e. The fourth-order valence-corrected chi connectivity index (χ4v) is 3.60. The number of hydrogen-bond acceptors (Lipinski definition) is 2. The van der Waals surface area contributed by atoms with Crippen LogP contribution in [0.3, 0.4) is 0 Å². The second-order valence-electron chi connectivity index (χ2n) is 6.01. The van der Waals surface area contributed by atoms with Crippen LogP contribution in [-0.4, -0.2) is 30.1 Å². The number of rotatable bonds is 2. The molecule has 2 heteroatoms. The van der Waals surface area contributed by atoms with Crippen molar-refractivity contribution >= 4 is 0 Å². The molecule has 0 aromatic carbocycles. The Hall–Kier alpha value is -0.0800. The maximum atomic E-state index is 6.11.